The molecule has 0 spiro atoms. The van der Waals surface area contributed by atoms with E-state index in [2.05, 4.69) is 4.90 Å². The summed E-state index contributed by atoms with van der Waals surface area (Å²) < 4.78 is 0. The molecule has 0 bridgehead atoms. The van der Waals surface area contributed by atoms with Gasteiger partial charge in [-0.2, -0.15) is 0 Å². The van der Waals surface area contributed by atoms with E-state index in [1.165, 1.54) is 0 Å². The average Bonchev–Trinajstić information content (AvgIpc) is 2.63. The van der Waals surface area contributed by atoms with E-state index in [4.69, 9.17) is 0 Å². The number of hydrogen-bond acceptors (Lipinski definition) is 3. The molecule has 4 nitrogen and oxygen atoms in total. The number of rotatable bonds is 2. The van der Waals surface area contributed by atoms with Crippen LogP contribution in [-0.2, 0) is 0 Å². The van der Waals surface area contributed by atoms with E-state index < -0.39 is 5.97 Å². The Morgan fingerprint density at radius 3 is 2.40 bits per heavy atom. The van der Waals surface area contributed by atoms with Crippen molar-refractivity contribution in [3.8, 4) is 11.1 Å². The van der Waals surface area contributed by atoms with Gasteiger partial charge in [-0.1, -0.05) is 30.3 Å². The number of carboxylic acid groups (broad SMARTS) is 1. The van der Waals surface area contributed by atoms with Gasteiger partial charge in [0.15, 0.2) is 0 Å². The standard InChI is InChI=1S/C16H17NO3/c18-11-6-8-17(9-7-11)15-10-14(16(19)20)12-4-2-1-3-5-13(12)15/h1-5,10-11,18H,6-9H2,(H,19,20). The third-order valence-electron chi connectivity index (χ3n) is 3.92. The fourth-order valence-corrected chi connectivity index (χ4v) is 2.84. The molecule has 0 saturated carbocycles. The van der Waals surface area contributed by atoms with Crippen LogP contribution < -0.4 is 4.90 Å². The predicted molar refractivity (Wildman–Crippen MR) is 77.5 cm³/mol. The zero-order chi connectivity index (χ0) is 14.1. The van der Waals surface area contributed by atoms with Gasteiger partial charge in [0.05, 0.1) is 11.7 Å². The number of aliphatic hydroxyl groups excluding tert-OH is 1. The number of fused-ring (bicyclic) bond motifs is 1. The third kappa shape index (κ3) is 2.23. The van der Waals surface area contributed by atoms with E-state index in [1.807, 2.05) is 30.3 Å². The quantitative estimate of drug-likeness (QED) is 0.880. The lowest BCUT2D eigenvalue weighted by molar-refractivity contribution is 0.0698. The highest BCUT2D eigenvalue weighted by atomic mass is 16.4. The van der Waals surface area contributed by atoms with E-state index >= 15 is 0 Å². The molecule has 0 amide bonds. The molecule has 0 radical (unpaired) electrons. The van der Waals surface area contributed by atoms with Crippen LogP contribution in [0.25, 0.3) is 11.1 Å². The molecule has 0 atom stereocenters. The Balaban J connectivity index is 2.06. The van der Waals surface area contributed by atoms with Gasteiger partial charge in [-0.3, -0.25) is 0 Å². The molecule has 1 heterocycles. The van der Waals surface area contributed by atoms with Gasteiger partial charge in [0.1, 0.15) is 0 Å². The van der Waals surface area contributed by atoms with E-state index in [-0.39, 0.29) is 6.10 Å². The molecule has 4 heteroatoms. The maximum absolute atomic E-state index is 11.4. The van der Waals surface area contributed by atoms with E-state index in [1.54, 1.807) is 6.07 Å². The fourth-order valence-electron chi connectivity index (χ4n) is 2.84. The number of nitrogens with zero attached hydrogens (tertiary/aromatic N) is 1. The van der Waals surface area contributed by atoms with Gasteiger partial charge in [-0.25, -0.2) is 4.79 Å². The first-order valence-electron chi connectivity index (χ1n) is 6.85. The monoisotopic (exact) mass is 271 g/mol. The molecule has 0 aromatic heterocycles. The zero-order valence-electron chi connectivity index (χ0n) is 11.1. The number of carbonyl (C=O) groups is 1. The highest BCUT2D eigenvalue weighted by molar-refractivity contribution is 6.02. The summed E-state index contributed by atoms with van der Waals surface area (Å²) in [5.41, 5.74) is 3.03. The maximum atomic E-state index is 11.4. The molecular weight excluding hydrogens is 254 g/mol. The van der Waals surface area contributed by atoms with Gasteiger partial charge in [-0.05, 0) is 24.5 Å². The van der Waals surface area contributed by atoms with Crippen molar-refractivity contribution >= 4 is 11.7 Å². The molecule has 2 N–H and O–H groups in total. The molecule has 0 unspecified atom stereocenters. The van der Waals surface area contributed by atoms with Crippen LogP contribution >= 0.6 is 0 Å². The first-order chi connectivity index (χ1) is 9.66. The molecule has 3 rings (SSSR count). The number of aromatic carboxylic acids is 1. The zero-order valence-corrected chi connectivity index (χ0v) is 11.1. The number of carboxylic acids is 1. The second kappa shape index (κ2) is 5.13. The largest absolute Gasteiger partial charge is 0.478 e. The molecular formula is C16H17NO3. The van der Waals surface area contributed by atoms with Crippen molar-refractivity contribution in [1.29, 1.82) is 0 Å². The molecule has 1 aliphatic heterocycles. The highest BCUT2D eigenvalue weighted by Gasteiger charge is 2.25. The SMILES string of the molecule is O=C(O)c1cc(N2CCC(O)CC2)c2cccccc1-2. The Hall–Kier alpha value is -2.07. The van der Waals surface area contributed by atoms with Crippen molar-refractivity contribution in [3.05, 3.63) is 42.0 Å². The van der Waals surface area contributed by atoms with Crippen LogP contribution in [0.15, 0.2) is 36.4 Å². The summed E-state index contributed by atoms with van der Waals surface area (Å²) in [7, 11) is 0. The van der Waals surface area contributed by atoms with Gasteiger partial charge in [0.25, 0.3) is 0 Å². The summed E-state index contributed by atoms with van der Waals surface area (Å²) in [6.07, 6.45) is 1.23. The summed E-state index contributed by atoms with van der Waals surface area (Å²) in [4.78, 5) is 13.6. The van der Waals surface area contributed by atoms with E-state index in [0.29, 0.717) is 5.56 Å². The molecule has 20 heavy (non-hydrogen) atoms. The summed E-state index contributed by atoms with van der Waals surface area (Å²) in [6, 6.07) is 11.2. The lowest BCUT2D eigenvalue weighted by Crippen LogP contribution is -2.35. The summed E-state index contributed by atoms with van der Waals surface area (Å²) in [5.74, 6) is -0.899. The van der Waals surface area contributed by atoms with E-state index in [0.717, 1.165) is 42.7 Å². The first kappa shape index (κ1) is 12.9. The molecule has 1 fully saturated rings. The van der Waals surface area contributed by atoms with Crippen molar-refractivity contribution < 1.29 is 15.0 Å². The van der Waals surface area contributed by atoms with Gasteiger partial charge in [0, 0.05) is 24.3 Å². The normalized spacial score (nSPS) is 16.6. The topological polar surface area (TPSA) is 60.8 Å². The molecule has 1 saturated heterocycles. The lowest BCUT2D eigenvalue weighted by Gasteiger charge is -2.31. The first-order valence-corrected chi connectivity index (χ1v) is 6.85. The van der Waals surface area contributed by atoms with Crippen LogP contribution in [0, 0.1) is 0 Å². The second-order valence-electron chi connectivity index (χ2n) is 5.20. The van der Waals surface area contributed by atoms with Crippen molar-refractivity contribution in [1.82, 2.24) is 0 Å². The minimum absolute atomic E-state index is 0.234. The van der Waals surface area contributed by atoms with Gasteiger partial charge in [0.2, 0.25) is 0 Å². The van der Waals surface area contributed by atoms with Crippen molar-refractivity contribution in [3.63, 3.8) is 0 Å². The van der Waals surface area contributed by atoms with Crippen LogP contribution in [0.5, 0.6) is 0 Å². The fraction of sp³-hybridized carbons (Fsp3) is 0.312. The summed E-state index contributed by atoms with van der Waals surface area (Å²) in [5, 5.41) is 19.0. The lowest BCUT2D eigenvalue weighted by atomic mass is 10.1. The number of aliphatic hydroxyl groups is 1. The van der Waals surface area contributed by atoms with Crippen LogP contribution in [0.4, 0.5) is 5.69 Å². The summed E-state index contributed by atoms with van der Waals surface area (Å²) in [6.45, 7) is 1.52. The molecule has 3 aliphatic rings. The minimum atomic E-state index is -0.899. The third-order valence-corrected chi connectivity index (χ3v) is 3.92. The molecule has 0 aromatic carbocycles. The second-order valence-corrected chi connectivity index (χ2v) is 5.20. The molecule has 2 aliphatic carbocycles. The van der Waals surface area contributed by atoms with Crippen LogP contribution in [0.1, 0.15) is 23.2 Å². The Morgan fingerprint density at radius 1 is 1.10 bits per heavy atom. The number of piperidine rings is 1. The van der Waals surface area contributed by atoms with Crippen LogP contribution in [0.3, 0.4) is 0 Å². The van der Waals surface area contributed by atoms with Crippen molar-refractivity contribution in [2.75, 3.05) is 18.0 Å². The van der Waals surface area contributed by atoms with E-state index in [9.17, 15) is 15.0 Å². The maximum Gasteiger partial charge on any atom is 0.336 e. The minimum Gasteiger partial charge on any atom is -0.478 e. The van der Waals surface area contributed by atoms with Crippen molar-refractivity contribution in [2.24, 2.45) is 0 Å². The van der Waals surface area contributed by atoms with Crippen LogP contribution in [-0.4, -0.2) is 35.4 Å². The summed E-state index contributed by atoms with van der Waals surface area (Å²) >= 11 is 0. The van der Waals surface area contributed by atoms with Gasteiger partial charge in [-0.15, -0.1) is 0 Å². The predicted octanol–water partition coefficient (Wildman–Crippen LogP) is 2.45. The molecule has 104 valence electrons. The number of anilines is 1. The molecule has 0 aromatic rings. The smallest absolute Gasteiger partial charge is 0.336 e. The van der Waals surface area contributed by atoms with Crippen LogP contribution in [0.2, 0.25) is 0 Å². The highest BCUT2D eigenvalue weighted by Crippen LogP contribution is 2.39. The Morgan fingerprint density at radius 2 is 1.75 bits per heavy atom. The average molecular weight is 271 g/mol. The van der Waals surface area contributed by atoms with Gasteiger partial charge >= 0.3 is 5.97 Å². The number of hydrogen-bond donors (Lipinski definition) is 2. The van der Waals surface area contributed by atoms with Crippen molar-refractivity contribution in [2.45, 2.75) is 18.9 Å². The van der Waals surface area contributed by atoms with Gasteiger partial charge < -0.3 is 15.1 Å². The Bertz CT molecular complexity index is 603. The Labute approximate surface area is 117 Å². The Kier molecular flexibility index (Phi) is 3.32.